The zero-order valence-electron chi connectivity index (χ0n) is 62.1. The monoisotopic (exact) mass is 1530 g/mol. The first-order chi connectivity index (χ1) is 56.0. The molecule has 0 spiro atoms. The number of rotatable bonds is 15. The highest BCUT2D eigenvalue weighted by molar-refractivity contribution is 9.10. The molecule has 0 aliphatic heterocycles. The predicted molar refractivity (Wildman–Crippen MR) is 489 cm³/mol. The molecule has 0 saturated carbocycles. The normalized spacial score (nSPS) is 11.0. The van der Waals surface area contributed by atoms with Crippen molar-refractivity contribution in [1.82, 2.24) is 0 Å². The van der Waals surface area contributed by atoms with E-state index < -0.39 is 0 Å². The van der Waals surface area contributed by atoms with Gasteiger partial charge in [-0.3, -0.25) is 0 Å². The molecule has 0 radical (unpaired) electrons. The minimum atomic E-state index is 0. The Labute approximate surface area is 676 Å². The average Bonchev–Trinajstić information content (AvgIpc) is 1.64. The number of furan rings is 2. The summed E-state index contributed by atoms with van der Waals surface area (Å²) >= 11 is 3.48. The van der Waals surface area contributed by atoms with Gasteiger partial charge in [-0.15, -0.1) is 0 Å². The minimum Gasteiger partial charge on any atom is -0.455 e. The van der Waals surface area contributed by atoms with Crippen LogP contribution in [0.15, 0.2) is 462 Å². The largest absolute Gasteiger partial charge is 0.455 e. The fourth-order valence-electron chi connectivity index (χ4n) is 15.8. The molecule has 0 N–H and O–H groups in total. The van der Waals surface area contributed by atoms with Crippen molar-refractivity contribution in [3.63, 3.8) is 0 Å². The Morgan fingerprint density at radius 2 is 0.439 bits per heavy atom. The quantitative estimate of drug-likeness (QED) is 0.102. The van der Waals surface area contributed by atoms with Crippen molar-refractivity contribution < 1.29 is 10.3 Å². The molecule has 2 heterocycles. The summed E-state index contributed by atoms with van der Waals surface area (Å²) < 4.78 is 13.4. The third-order valence-corrected chi connectivity index (χ3v) is 21.9. The molecule has 0 aliphatic rings. The molecule has 18 aromatic carbocycles. The third-order valence-electron chi connectivity index (χ3n) is 21.3. The zero-order chi connectivity index (χ0) is 75.7. The fraction of sp³-hybridized carbons (Fsp3) is 0.0182. The van der Waals surface area contributed by atoms with Crippen LogP contribution in [0.25, 0.3) is 155 Å². The maximum Gasteiger partial charge on any atom is 0.159 e. The molecule has 0 bridgehead atoms. The van der Waals surface area contributed by atoms with Crippen LogP contribution in [0.3, 0.4) is 0 Å². The van der Waals surface area contributed by atoms with Crippen molar-refractivity contribution in [3.8, 4) is 111 Å². The molecule has 0 aliphatic carbocycles. The van der Waals surface area contributed by atoms with Gasteiger partial charge in [-0.25, -0.2) is 0 Å². The second kappa shape index (κ2) is 33.6. The van der Waals surface area contributed by atoms with Crippen LogP contribution in [0, 0.1) is 0 Å². The van der Waals surface area contributed by atoms with Crippen molar-refractivity contribution in [1.29, 1.82) is 0 Å². The van der Waals surface area contributed by atoms with Crippen LogP contribution < -0.4 is 4.90 Å². The molecule has 0 atom stereocenters. The van der Waals surface area contributed by atoms with Gasteiger partial charge in [-0.1, -0.05) is 408 Å². The number of anilines is 3. The van der Waals surface area contributed by atoms with Crippen LogP contribution in [-0.4, -0.2) is 0 Å². The van der Waals surface area contributed by atoms with Crippen molar-refractivity contribution in [3.05, 3.63) is 465 Å². The summed E-state index contributed by atoms with van der Waals surface area (Å²) in [5, 5.41) is 4.54. The lowest BCUT2D eigenvalue weighted by Gasteiger charge is -2.26. The molecular weight excluding hydrogens is 1450 g/mol. The fourth-order valence-corrected chi connectivity index (χ4v) is 16.2. The third kappa shape index (κ3) is 15.2. The molecule has 0 fully saturated rings. The van der Waals surface area contributed by atoms with Gasteiger partial charge in [-0.2, -0.15) is 0 Å². The standard InChI is InChI=1S/C54H37NO.C43H32.C12H7BrO.CH4.H2/c1-3-16-38(17-4-1)44-20-7-8-21-45(44)40-30-34-42(35-31-40)55(52-28-15-27-51-50-26-13-14-29-53(50)56-54(51)52)43-36-32-41(33-37-43)47-23-10-12-25-49(47)48-24-11-9-22-46(48)39-18-5-2-6-19-39;1-3-13-34(14-4-1)38-17-7-8-18-39(38)36-27-23-32(24-28-36)31-33-25-29-37(30-26-33)41-20-10-12-22-43(41)42-21-11-9-19-40(42)35-15-5-2-6-16-35;13-10-6-3-5-9-8-4-1-2-7-11(8)14-12(9)10;;/h1-37H;1-30H,31H2;1-7H;1H4;1H. The maximum absolute atomic E-state index is 6.63. The van der Waals surface area contributed by atoms with Crippen molar-refractivity contribution in [2.75, 3.05) is 4.90 Å². The lowest BCUT2D eigenvalue weighted by Crippen LogP contribution is -2.10. The molecule has 0 amide bonds. The minimum absolute atomic E-state index is 0. The number of para-hydroxylation sites is 4. The molecule has 2 aromatic heterocycles. The molecule has 546 valence electrons. The second-order valence-corrected chi connectivity index (χ2v) is 29.1. The smallest absolute Gasteiger partial charge is 0.159 e. The highest BCUT2D eigenvalue weighted by Crippen LogP contribution is 2.46. The Bertz CT molecular complexity index is 6680. The van der Waals surface area contributed by atoms with Gasteiger partial charge in [-0.05, 0) is 193 Å². The maximum atomic E-state index is 6.63. The van der Waals surface area contributed by atoms with Crippen LogP contribution in [0.5, 0.6) is 0 Å². The number of hydrogen-bond acceptors (Lipinski definition) is 3. The van der Waals surface area contributed by atoms with E-state index in [9.17, 15) is 0 Å². The lowest BCUT2D eigenvalue weighted by atomic mass is 9.89. The molecule has 20 rings (SSSR count). The van der Waals surface area contributed by atoms with Gasteiger partial charge >= 0.3 is 0 Å². The predicted octanol–water partition coefficient (Wildman–Crippen LogP) is 32.2. The molecule has 0 unspecified atom stereocenters. The van der Waals surface area contributed by atoms with Crippen LogP contribution in [-0.2, 0) is 6.42 Å². The van der Waals surface area contributed by atoms with Crippen LogP contribution in [0.2, 0.25) is 0 Å². The second-order valence-electron chi connectivity index (χ2n) is 28.2. The van der Waals surface area contributed by atoms with Crippen molar-refractivity contribution >= 4 is 76.9 Å². The molecule has 4 heteroatoms. The Kier molecular flexibility index (Phi) is 21.4. The van der Waals surface area contributed by atoms with E-state index in [4.69, 9.17) is 8.83 Å². The first-order valence-corrected chi connectivity index (χ1v) is 39.2. The number of hydrogen-bond donors (Lipinski definition) is 0. The first kappa shape index (κ1) is 72.7. The van der Waals surface area contributed by atoms with E-state index in [-0.39, 0.29) is 8.85 Å². The van der Waals surface area contributed by atoms with Gasteiger partial charge in [0.05, 0.1) is 10.2 Å². The van der Waals surface area contributed by atoms with Crippen LogP contribution in [0.1, 0.15) is 20.0 Å². The van der Waals surface area contributed by atoms with Gasteiger partial charge in [0.2, 0.25) is 0 Å². The summed E-state index contributed by atoms with van der Waals surface area (Å²) in [7, 11) is 0. The molecule has 3 nitrogen and oxygen atoms in total. The number of halogens is 1. The van der Waals surface area contributed by atoms with Gasteiger partial charge in [0.15, 0.2) is 5.58 Å². The van der Waals surface area contributed by atoms with Crippen LogP contribution in [0.4, 0.5) is 17.1 Å². The SMILES string of the molecule is Brc1cccc2c1oc1ccccc12.C.[HH].c1ccc(-c2ccccc2-c2ccc(Cc3ccc(-c4ccccc4-c4ccccc4-c4ccccc4)cc3)cc2)cc1.c1ccc(-c2ccccc2-c2ccc(N(c3ccc(-c4ccccc4-c4ccccc4-c4ccccc4)cc3)c3cccc4c3oc3ccccc34)cc2)cc1. The van der Waals surface area contributed by atoms with Gasteiger partial charge in [0, 0.05) is 34.3 Å². The first-order valence-electron chi connectivity index (χ1n) is 38.4. The summed E-state index contributed by atoms with van der Waals surface area (Å²) in [4.78, 5) is 2.32. The molecule has 114 heavy (non-hydrogen) atoms. The molecule has 20 aromatic rings. The average molecular weight is 1530 g/mol. The molecular formula is C110H82BrNO2. The van der Waals surface area contributed by atoms with E-state index in [1.165, 1.54) is 117 Å². The van der Waals surface area contributed by atoms with E-state index >= 15 is 0 Å². The highest BCUT2D eigenvalue weighted by Gasteiger charge is 2.22. The summed E-state index contributed by atoms with van der Waals surface area (Å²) in [6.07, 6.45) is 0.902. The zero-order valence-corrected chi connectivity index (χ0v) is 63.7. The van der Waals surface area contributed by atoms with Gasteiger partial charge in [0.1, 0.15) is 16.7 Å². The Morgan fingerprint density at radius 3 is 0.772 bits per heavy atom. The van der Waals surface area contributed by atoms with E-state index in [1.807, 2.05) is 42.5 Å². The lowest BCUT2D eigenvalue weighted by molar-refractivity contribution is 0.667. The summed E-state index contributed by atoms with van der Waals surface area (Å²) in [6, 6.07) is 160. The Balaban J connectivity index is 0.000000148. The molecule has 0 saturated heterocycles. The van der Waals surface area contributed by atoms with Crippen molar-refractivity contribution in [2.45, 2.75) is 13.8 Å². The summed E-state index contributed by atoms with van der Waals surface area (Å²) in [5.74, 6) is 0. The number of nitrogens with zero attached hydrogens (tertiary/aromatic N) is 1. The van der Waals surface area contributed by atoms with E-state index in [0.717, 1.165) is 77.6 Å². The number of fused-ring (bicyclic) bond motifs is 6. The van der Waals surface area contributed by atoms with Crippen LogP contribution >= 0.6 is 15.9 Å². The van der Waals surface area contributed by atoms with E-state index in [2.05, 4.69) is 427 Å². The van der Waals surface area contributed by atoms with Crippen molar-refractivity contribution in [2.24, 2.45) is 0 Å². The Hall–Kier alpha value is -14.2. The summed E-state index contributed by atoms with van der Waals surface area (Å²) in [6.45, 7) is 0. The highest BCUT2D eigenvalue weighted by atomic mass is 79.9. The number of benzene rings is 18. The topological polar surface area (TPSA) is 29.5 Å². The Morgan fingerprint density at radius 1 is 0.202 bits per heavy atom. The summed E-state index contributed by atoms with van der Waals surface area (Å²) in [5.41, 5.74) is 33.7. The van der Waals surface area contributed by atoms with E-state index in [0.29, 0.717) is 0 Å². The van der Waals surface area contributed by atoms with Gasteiger partial charge in [0.25, 0.3) is 0 Å². The van der Waals surface area contributed by atoms with Gasteiger partial charge < -0.3 is 13.7 Å². The van der Waals surface area contributed by atoms with E-state index in [1.54, 1.807) is 0 Å².